The first-order chi connectivity index (χ1) is 9.50. The second-order valence-electron chi connectivity index (χ2n) is 6.02. The molecule has 1 unspecified atom stereocenters. The molecule has 1 N–H and O–H groups in total. The van der Waals surface area contributed by atoms with Crippen molar-refractivity contribution in [3.63, 3.8) is 0 Å². The van der Waals surface area contributed by atoms with Crippen molar-refractivity contribution in [1.82, 2.24) is 5.32 Å². The quantitative estimate of drug-likeness (QED) is 0.914. The van der Waals surface area contributed by atoms with Crippen molar-refractivity contribution in [3.05, 3.63) is 29.3 Å². The van der Waals surface area contributed by atoms with Gasteiger partial charge >= 0.3 is 0 Å². The van der Waals surface area contributed by atoms with Gasteiger partial charge in [0.25, 0.3) is 0 Å². The summed E-state index contributed by atoms with van der Waals surface area (Å²) in [4.78, 5) is 14.8. The first kappa shape index (κ1) is 15.0. The lowest BCUT2D eigenvalue weighted by Crippen LogP contribution is -2.54. The van der Waals surface area contributed by atoms with Gasteiger partial charge in [-0.3, -0.25) is 4.79 Å². The molecule has 0 aromatic heterocycles. The van der Waals surface area contributed by atoms with Gasteiger partial charge in [-0.2, -0.15) is 0 Å². The van der Waals surface area contributed by atoms with E-state index in [0.29, 0.717) is 0 Å². The normalized spacial score (nSPS) is 22.0. The van der Waals surface area contributed by atoms with Gasteiger partial charge in [-0.15, -0.1) is 0 Å². The van der Waals surface area contributed by atoms with Crippen molar-refractivity contribution >= 4 is 11.6 Å². The van der Waals surface area contributed by atoms with E-state index in [2.05, 4.69) is 44.3 Å². The summed E-state index contributed by atoms with van der Waals surface area (Å²) in [6.45, 7) is 7.25. The van der Waals surface area contributed by atoms with Gasteiger partial charge in [0.1, 0.15) is 0 Å². The van der Waals surface area contributed by atoms with Gasteiger partial charge in [0, 0.05) is 12.7 Å². The van der Waals surface area contributed by atoms with Crippen molar-refractivity contribution < 1.29 is 4.79 Å². The van der Waals surface area contributed by atoms with Gasteiger partial charge in [-0.1, -0.05) is 31.0 Å². The molecule has 1 amide bonds. The van der Waals surface area contributed by atoms with Crippen LogP contribution in [-0.4, -0.2) is 25.0 Å². The Balaban J connectivity index is 2.27. The Morgan fingerprint density at radius 3 is 2.70 bits per heavy atom. The first-order valence-corrected chi connectivity index (χ1v) is 7.60. The van der Waals surface area contributed by atoms with E-state index in [-0.39, 0.29) is 11.4 Å². The predicted octanol–water partition coefficient (Wildman–Crippen LogP) is 3.19. The Morgan fingerprint density at radius 1 is 1.40 bits per heavy atom. The second kappa shape index (κ2) is 5.96. The van der Waals surface area contributed by atoms with Crippen molar-refractivity contribution in [1.29, 1.82) is 0 Å². The smallest absolute Gasteiger partial charge is 0.247 e. The number of hydrogen-bond acceptors (Lipinski definition) is 2. The third-order valence-electron chi connectivity index (χ3n) is 4.35. The molecule has 1 aliphatic heterocycles. The number of aryl methyl sites for hydroxylation is 2. The third-order valence-corrected chi connectivity index (χ3v) is 4.35. The molecule has 1 aromatic rings. The molecular formula is C17H26N2O. The zero-order valence-corrected chi connectivity index (χ0v) is 13.1. The van der Waals surface area contributed by atoms with Crippen LogP contribution in [0.2, 0.25) is 0 Å². The Morgan fingerprint density at radius 2 is 2.15 bits per heavy atom. The van der Waals surface area contributed by atoms with Crippen LogP contribution in [0.3, 0.4) is 0 Å². The van der Waals surface area contributed by atoms with E-state index in [4.69, 9.17) is 0 Å². The summed E-state index contributed by atoms with van der Waals surface area (Å²) >= 11 is 0. The summed E-state index contributed by atoms with van der Waals surface area (Å²) in [5, 5.41) is 3.46. The van der Waals surface area contributed by atoms with Crippen LogP contribution in [0.1, 0.15) is 43.7 Å². The number of nitrogens with zero attached hydrogens (tertiary/aromatic N) is 1. The molecule has 0 saturated carbocycles. The molecule has 3 heteroatoms. The maximum atomic E-state index is 13.0. The number of carbonyl (C=O) groups is 1. The van der Waals surface area contributed by atoms with Crippen LogP contribution >= 0.6 is 0 Å². The number of carbonyl (C=O) groups excluding carboxylic acids is 1. The lowest BCUT2D eigenvalue weighted by atomic mass is 9.90. The van der Waals surface area contributed by atoms with Gasteiger partial charge in [0.2, 0.25) is 5.91 Å². The summed E-state index contributed by atoms with van der Waals surface area (Å²) in [5.74, 6) is 0.212. The lowest BCUT2D eigenvalue weighted by Gasteiger charge is -2.33. The third kappa shape index (κ3) is 2.73. The number of anilines is 1. The second-order valence-corrected chi connectivity index (χ2v) is 6.02. The van der Waals surface area contributed by atoms with Crippen molar-refractivity contribution in [2.75, 3.05) is 18.5 Å². The van der Waals surface area contributed by atoms with Crippen LogP contribution in [-0.2, 0) is 4.79 Å². The van der Waals surface area contributed by atoms with Crippen LogP contribution in [0, 0.1) is 13.8 Å². The fraction of sp³-hybridized carbons (Fsp3) is 0.588. The van der Waals surface area contributed by atoms with Crippen molar-refractivity contribution in [2.24, 2.45) is 0 Å². The van der Waals surface area contributed by atoms with Gasteiger partial charge in [-0.25, -0.2) is 0 Å². The Kier molecular flexibility index (Phi) is 4.48. The van der Waals surface area contributed by atoms with Crippen molar-refractivity contribution in [2.45, 2.75) is 52.0 Å². The fourth-order valence-corrected chi connectivity index (χ4v) is 3.35. The maximum absolute atomic E-state index is 13.0. The van der Waals surface area contributed by atoms with Gasteiger partial charge in [0.15, 0.2) is 0 Å². The minimum atomic E-state index is -0.346. The molecule has 110 valence electrons. The zero-order chi connectivity index (χ0) is 14.8. The molecule has 2 rings (SSSR count). The van der Waals surface area contributed by atoms with Gasteiger partial charge in [0.05, 0.1) is 5.54 Å². The van der Waals surface area contributed by atoms with Crippen LogP contribution in [0.5, 0.6) is 0 Å². The lowest BCUT2D eigenvalue weighted by molar-refractivity contribution is -0.124. The molecule has 0 aliphatic carbocycles. The molecule has 1 saturated heterocycles. The predicted molar refractivity (Wildman–Crippen MR) is 84.2 cm³/mol. The topological polar surface area (TPSA) is 32.3 Å². The molecule has 1 aromatic carbocycles. The van der Waals surface area contributed by atoms with E-state index in [0.717, 1.165) is 43.5 Å². The van der Waals surface area contributed by atoms with E-state index < -0.39 is 0 Å². The summed E-state index contributed by atoms with van der Waals surface area (Å²) in [6.07, 6.45) is 3.99. The number of likely N-dealkylation sites (N-methyl/N-ethyl adjacent to an activating group) is 1. The Hall–Kier alpha value is -1.35. The maximum Gasteiger partial charge on any atom is 0.247 e. The molecule has 1 atom stereocenters. The van der Waals surface area contributed by atoms with E-state index in [9.17, 15) is 4.79 Å². The zero-order valence-electron chi connectivity index (χ0n) is 13.1. The van der Waals surface area contributed by atoms with E-state index in [1.165, 1.54) is 5.56 Å². The van der Waals surface area contributed by atoms with Gasteiger partial charge in [-0.05, 0) is 51.3 Å². The average molecular weight is 274 g/mol. The molecule has 1 fully saturated rings. The highest BCUT2D eigenvalue weighted by Gasteiger charge is 2.42. The molecule has 1 aliphatic rings. The average Bonchev–Trinajstić information content (AvgIpc) is 2.87. The summed E-state index contributed by atoms with van der Waals surface area (Å²) < 4.78 is 0. The minimum absolute atomic E-state index is 0.212. The SMILES string of the molecule is CCCC1(C(=O)N(C)c2ccc(C)cc2C)CCCN1. The Bertz CT molecular complexity index is 490. The fourth-order valence-electron chi connectivity index (χ4n) is 3.35. The molecule has 0 spiro atoms. The molecule has 3 nitrogen and oxygen atoms in total. The summed E-state index contributed by atoms with van der Waals surface area (Å²) in [6, 6.07) is 6.26. The summed E-state index contributed by atoms with van der Waals surface area (Å²) in [5.41, 5.74) is 3.06. The van der Waals surface area contributed by atoms with E-state index in [1.807, 2.05) is 11.9 Å². The van der Waals surface area contributed by atoms with Crippen molar-refractivity contribution in [3.8, 4) is 0 Å². The highest BCUT2D eigenvalue weighted by molar-refractivity contribution is 6.00. The highest BCUT2D eigenvalue weighted by Crippen LogP contribution is 2.30. The number of hydrogen-bond donors (Lipinski definition) is 1. The van der Waals surface area contributed by atoms with Crippen LogP contribution < -0.4 is 10.2 Å². The molecule has 1 heterocycles. The van der Waals surface area contributed by atoms with E-state index >= 15 is 0 Å². The first-order valence-electron chi connectivity index (χ1n) is 7.60. The number of benzene rings is 1. The molecular weight excluding hydrogens is 248 g/mol. The number of nitrogens with one attached hydrogen (secondary N) is 1. The number of rotatable bonds is 4. The molecule has 0 radical (unpaired) electrons. The molecule has 0 bridgehead atoms. The Labute approximate surface area is 122 Å². The highest BCUT2D eigenvalue weighted by atomic mass is 16.2. The largest absolute Gasteiger partial charge is 0.314 e. The summed E-state index contributed by atoms with van der Waals surface area (Å²) in [7, 11) is 1.90. The molecule has 20 heavy (non-hydrogen) atoms. The standard InChI is InChI=1S/C17H26N2O/c1-5-9-17(10-6-11-18-17)16(20)19(4)15-8-7-13(2)12-14(15)3/h7-8,12,18H,5-6,9-11H2,1-4H3. The monoisotopic (exact) mass is 274 g/mol. The number of amides is 1. The van der Waals surface area contributed by atoms with Gasteiger partial charge < -0.3 is 10.2 Å². The minimum Gasteiger partial charge on any atom is -0.314 e. The van der Waals surface area contributed by atoms with Crippen LogP contribution in [0.25, 0.3) is 0 Å². The van der Waals surface area contributed by atoms with Crippen LogP contribution in [0.4, 0.5) is 5.69 Å². The van der Waals surface area contributed by atoms with Crippen LogP contribution in [0.15, 0.2) is 18.2 Å². The van der Waals surface area contributed by atoms with E-state index in [1.54, 1.807) is 0 Å².